The molecule has 20 heavy (non-hydrogen) atoms. The van der Waals surface area contributed by atoms with E-state index in [1.807, 2.05) is 0 Å². The first-order valence-corrected chi connectivity index (χ1v) is 5.10. The minimum Gasteiger partial charge on any atom is -0.550 e. The van der Waals surface area contributed by atoms with Crippen molar-refractivity contribution in [3.63, 3.8) is 0 Å². The second-order valence-corrected chi connectivity index (χ2v) is 2.98. The van der Waals surface area contributed by atoms with Gasteiger partial charge in [-0.25, -0.2) is 0 Å². The second-order valence-electron chi connectivity index (χ2n) is 2.98. The van der Waals surface area contributed by atoms with Gasteiger partial charge in [-0.15, -0.1) is 0 Å². The van der Waals surface area contributed by atoms with Crippen molar-refractivity contribution < 1.29 is 51.9 Å². The van der Waals surface area contributed by atoms with Crippen molar-refractivity contribution in [3.8, 4) is 0 Å². The maximum absolute atomic E-state index is 8.89. The molecule has 121 valence electrons. The van der Waals surface area contributed by atoms with Gasteiger partial charge in [0.25, 0.3) is 0 Å². The van der Waals surface area contributed by atoms with Gasteiger partial charge in [0.1, 0.15) is 0 Å². The normalized spacial score (nSPS) is 8.70. The molecule has 1 unspecified atom stereocenters. The summed E-state index contributed by atoms with van der Waals surface area (Å²) in [5.74, 6) is -3.25. The van der Waals surface area contributed by atoms with Gasteiger partial charge in [-0.3, -0.25) is 0 Å². The summed E-state index contributed by atoms with van der Waals surface area (Å²) >= 11 is 0. The predicted molar refractivity (Wildman–Crippen MR) is 60.8 cm³/mol. The van der Waals surface area contributed by atoms with Crippen molar-refractivity contribution >= 4 is 17.9 Å². The first kappa shape index (κ1) is 31.3. The summed E-state index contributed by atoms with van der Waals surface area (Å²) in [6, 6.07) is -0.0231. The van der Waals surface area contributed by atoms with Crippen LogP contribution in [0.25, 0.3) is 0 Å². The molecule has 0 heterocycles. The number of hydrogen-bond acceptors (Lipinski definition) is 9. The molecular formula is C10H21FeN2O7. The van der Waals surface area contributed by atoms with E-state index in [4.69, 9.17) is 46.3 Å². The van der Waals surface area contributed by atoms with Crippen LogP contribution in [0.5, 0.6) is 0 Å². The molecule has 0 aromatic heterocycles. The van der Waals surface area contributed by atoms with Crippen molar-refractivity contribution in [1.29, 1.82) is 0 Å². The van der Waals surface area contributed by atoms with Crippen LogP contribution >= 0.6 is 0 Å². The molecule has 10 heteroatoms. The van der Waals surface area contributed by atoms with Crippen molar-refractivity contribution in [1.82, 2.24) is 0 Å². The van der Waals surface area contributed by atoms with Crippen LogP contribution in [0.4, 0.5) is 0 Å². The third-order valence-electron chi connectivity index (χ3n) is 0.803. The van der Waals surface area contributed by atoms with E-state index in [1.54, 1.807) is 0 Å². The van der Waals surface area contributed by atoms with Crippen LogP contribution in [-0.4, -0.2) is 42.2 Å². The summed E-state index contributed by atoms with van der Waals surface area (Å²) < 4.78 is 0. The van der Waals surface area contributed by atoms with E-state index >= 15 is 0 Å². The van der Waals surface area contributed by atoms with Crippen LogP contribution in [0.15, 0.2) is 0 Å². The van der Waals surface area contributed by atoms with Gasteiger partial charge in [-0.1, -0.05) is 0 Å². The summed E-state index contributed by atoms with van der Waals surface area (Å²) in [6.45, 7) is 3.51. The van der Waals surface area contributed by atoms with Gasteiger partial charge < -0.3 is 46.3 Å². The third-order valence-corrected chi connectivity index (χ3v) is 0.803. The number of rotatable bonds is 3. The molecule has 0 fully saturated rings. The quantitative estimate of drug-likeness (QED) is 0.422. The Morgan fingerprint density at radius 2 is 1.20 bits per heavy atom. The molecule has 0 aromatic rings. The Kier molecular flexibility index (Phi) is 41.3. The SMILES string of the molecule is CC(=O)[O-].CC(=O)[O-].CC(=O)[O-].NCC(N)CCO.[Fe+3]. The number of aliphatic hydroxyl groups is 1. The van der Waals surface area contributed by atoms with Gasteiger partial charge in [0.15, 0.2) is 0 Å². The van der Waals surface area contributed by atoms with Crippen LogP contribution in [0.1, 0.15) is 27.2 Å². The van der Waals surface area contributed by atoms with Crippen LogP contribution in [0, 0.1) is 0 Å². The molecule has 0 aliphatic carbocycles. The zero-order valence-corrected chi connectivity index (χ0v) is 12.7. The van der Waals surface area contributed by atoms with E-state index in [0.29, 0.717) is 13.0 Å². The Balaban J connectivity index is -0.0000000512. The van der Waals surface area contributed by atoms with Crippen LogP contribution < -0.4 is 26.8 Å². The molecule has 0 rings (SSSR count). The van der Waals surface area contributed by atoms with E-state index in [1.165, 1.54) is 0 Å². The molecule has 0 saturated heterocycles. The number of aliphatic hydroxyl groups excluding tert-OH is 1. The van der Waals surface area contributed by atoms with Gasteiger partial charge in [0, 0.05) is 37.1 Å². The van der Waals surface area contributed by atoms with Crippen LogP contribution in [0.2, 0.25) is 0 Å². The monoisotopic (exact) mass is 337 g/mol. The molecule has 5 N–H and O–H groups in total. The van der Waals surface area contributed by atoms with Gasteiger partial charge >= 0.3 is 17.1 Å². The molecule has 0 bridgehead atoms. The predicted octanol–water partition coefficient (Wildman–Crippen LogP) is -5.08. The fourth-order valence-corrected chi connectivity index (χ4v) is 0.284. The summed E-state index contributed by atoms with van der Waals surface area (Å²) in [7, 11) is 0. The summed E-state index contributed by atoms with van der Waals surface area (Å²) in [5, 5.41) is 34.9. The van der Waals surface area contributed by atoms with Gasteiger partial charge in [-0.05, 0) is 27.2 Å². The number of carboxylic acids is 3. The van der Waals surface area contributed by atoms with Crippen molar-refractivity contribution in [2.45, 2.75) is 33.2 Å². The third kappa shape index (κ3) is 290. The van der Waals surface area contributed by atoms with Crippen LogP contribution in [-0.2, 0) is 31.5 Å². The summed E-state index contributed by atoms with van der Waals surface area (Å²) in [4.78, 5) is 26.7. The Labute approximate surface area is 128 Å². The van der Waals surface area contributed by atoms with E-state index in [0.717, 1.165) is 20.8 Å². The molecular weight excluding hydrogens is 316 g/mol. The Hall–Kier alpha value is -1.19. The molecule has 0 saturated carbocycles. The van der Waals surface area contributed by atoms with Gasteiger partial charge in [0.05, 0.1) is 0 Å². The number of nitrogens with two attached hydrogens (primary N) is 2. The maximum atomic E-state index is 8.89. The Morgan fingerprint density at radius 3 is 1.25 bits per heavy atom. The topological polar surface area (TPSA) is 193 Å². The zero-order valence-electron chi connectivity index (χ0n) is 11.6. The number of carboxylic acid groups (broad SMARTS) is 3. The minimum absolute atomic E-state index is 0. The van der Waals surface area contributed by atoms with Gasteiger partial charge in [-0.2, -0.15) is 0 Å². The fraction of sp³-hybridized carbons (Fsp3) is 0.700. The molecule has 0 aromatic carbocycles. The first-order valence-electron chi connectivity index (χ1n) is 5.10. The average molecular weight is 337 g/mol. The van der Waals surface area contributed by atoms with E-state index in [9.17, 15) is 0 Å². The summed E-state index contributed by atoms with van der Waals surface area (Å²) in [5.41, 5.74) is 10.4. The Morgan fingerprint density at radius 1 is 1.00 bits per heavy atom. The smallest absolute Gasteiger partial charge is 0.550 e. The number of carbonyl (C=O) groups excluding carboxylic acids is 3. The van der Waals surface area contributed by atoms with Crippen molar-refractivity contribution in [3.05, 3.63) is 0 Å². The molecule has 9 nitrogen and oxygen atoms in total. The largest absolute Gasteiger partial charge is 3.00 e. The minimum atomic E-state index is -1.08. The Bertz CT molecular complexity index is 199. The molecule has 0 aliphatic rings. The van der Waals surface area contributed by atoms with E-state index in [2.05, 4.69) is 0 Å². The van der Waals surface area contributed by atoms with E-state index in [-0.39, 0.29) is 29.7 Å². The van der Waals surface area contributed by atoms with Crippen LogP contribution in [0.3, 0.4) is 0 Å². The molecule has 0 aliphatic heterocycles. The molecule has 1 atom stereocenters. The standard InChI is InChI=1S/C4H12N2O.3C2H4O2.Fe/c5-3-4(6)1-2-7;3*1-2(3)4;/h4,7H,1-3,5-6H2;3*1H3,(H,3,4);/q;;;;+3/p-3. The number of hydrogen-bond donors (Lipinski definition) is 3. The van der Waals surface area contributed by atoms with E-state index < -0.39 is 17.9 Å². The van der Waals surface area contributed by atoms with Crippen molar-refractivity contribution in [2.24, 2.45) is 11.5 Å². The number of aliphatic carboxylic acids is 3. The first-order chi connectivity index (χ1) is 8.50. The maximum Gasteiger partial charge on any atom is 3.00 e. The summed E-state index contributed by atoms with van der Waals surface area (Å²) in [6.07, 6.45) is 0.608. The number of carbonyl (C=O) groups is 3. The van der Waals surface area contributed by atoms with Gasteiger partial charge in [0.2, 0.25) is 0 Å². The second kappa shape index (κ2) is 26.4. The average Bonchev–Trinajstić information content (AvgIpc) is 2.15. The molecule has 0 spiro atoms. The van der Waals surface area contributed by atoms with Crippen molar-refractivity contribution in [2.75, 3.05) is 13.2 Å². The fourth-order valence-electron chi connectivity index (χ4n) is 0.284. The molecule has 1 radical (unpaired) electrons. The molecule has 0 amide bonds. The zero-order chi connectivity index (χ0) is 16.4.